The van der Waals surface area contributed by atoms with E-state index in [1.54, 1.807) is 6.92 Å². The number of benzene rings is 1. The van der Waals surface area contributed by atoms with Crippen LogP contribution in [0.15, 0.2) is 24.3 Å². The van der Waals surface area contributed by atoms with Gasteiger partial charge in [0, 0.05) is 42.0 Å². The van der Waals surface area contributed by atoms with Crippen molar-refractivity contribution in [3.05, 3.63) is 35.5 Å². The van der Waals surface area contributed by atoms with E-state index in [4.69, 9.17) is 0 Å². The lowest BCUT2D eigenvalue weighted by molar-refractivity contribution is -0.118. The molecule has 1 aromatic carbocycles. The maximum Gasteiger partial charge on any atom is 0.216 e. The first-order chi connectivity index (χ1) is 9.50. The summed E-state index contributed by atoms with van der Waals surface area (Å²) < 4.78 is 2.47. The summed E-state index contributed by atoms with van der Waals surface area (Å²) in [6.45, 7) is 8.04. The summed E-state index contributed by atoms with van der Waals surface area (Å²) in [5.41, 5.74) is 4.44. The Kier molecular flexibility index (Phi) is 3.08. The first kappa shape index (κ1) is 13.2. The SMILES string of the molecule is CC(=O)NCCc1c2n(c3ccccc13)CCC2(C)C. The van der Waals surface area contributed by atoms with Crippen molar-refractivity contribution in [3.63, 3.8) is 0 Å². The molecule has 3 nitrogen and oxygen atoms in total. The van der Waals surface area contributed by atoms with E-state index < -0.39 is 0 Å². The first-order valence-electron chi connectivity index (χ1n) is 7.36. The quantitative estimate of drug-likeness (QED) is 0.914. The van der Waals surface area contributed by atoms with Crippen molar-refractivity contribution < 1.29 is 4.79 Å². The molecular weight excluding hydrogens is 248 g/mol. The molecule has 0 atom stereocenters. The van der Waals surface area contributed by atoms with Crippen molar-refractivity contribution in [3.8, 4) is 0 Å². The van der Waals surface area contributed by atoms with Crippen molar-refractivity contribution in [2.24, 2.45) is 0 Å². The van der Waals surface area contributed by atoms with Gasteiger partial charge in [-0.15, -0.1) is 0 Å². The van der Waals surface area contributed by atoms with E-state index >= 15 is 0 Å². The van der Waals surface area contributed by atoms with Crippen molar-refractivity contribution in [1.29, 1.82) is 0 Å². The minimum absolute atomic E-state index is 0.0458. The lowest BCUT2D eigenvalue weighted by Gasteiger charge is -2.19. The molecule has 0 radical (unpaired) electrons. The number of rotatable bonds is 3. The number of aromatic nitrogens is 1. The summed E-state index contributed by atoms with van der Waals surface area (Å²) in [5.74, 6) is 0.0458. The van der Waals surface area contributed by atoms with Gasteiger partial charge in [-0.2, -0.15) is 0 Å². The Morgan fingerprint density at radius 3 is 2.85 bits per heavy atom. The standard InChI is InChI=1S/C17H22N2O/c1-12(20)18-10-8-14-13-6-4-5-7-15(13)19-11-9-17(2,3)16(14)19/h4-7H,8-11H2,1-3H3,(H,18,20). The highest BCUT2D eigenvalue weighted by Crippen LogP contribution is 2.42. The molecule has 1 N–H and O–H groups in total. The molecular formula is C17H22N2O. The van der Waals surface area contributed by atoms with Crippen molar-refractivity contribution in [1.82, 2.24) is 9.88 Å². The molecule has 3 rings (SSSR count). The second-order valence-corrected chi connectivity index (χ2v) is 6.36. The number of hydrogen-bond acceptors (Lipinski definition) is 1. The zero-order chi connectivity index (χ0) is 14.3. The predicted molar refractivity (Wildman–Crippen MR) is 82.0 cm³/mol. The smallest absolute Gasteiger partial charge is 0.216 e. The molecule has 0 spiro atoms. The van der Waals surface area contributed by atoms with Crippen LogP contribution in [0.4, 0.5) is 0 Å². The van der Waals surface area contributed by atoms with E-state index in [0.29, 0.717) is 6.54 Å². The van der Waals surface area contributed by atoms with E-state index in [9.17, 15) is 4.79 Å². The zero-order valence-corrected chi connectivity index (χ0v) is 12.5. The molecule has 0 saturated carbocycles. The van der Waals surface area contributed by atoms with Crippen LogP contribution in [0.1, 0.15) is 38.4 Å². The van der Waals surface area contributed by atoms with E-state index in [1.165, 1.54) is 28.6 Å². The van der Waals surface area contributed by atoms with Gasteiger partial charge in [-0.25, -0.2) is 0 Å². The number of carbonyl (C=O) groups is 1. The molecule has 1 amide bonds. The molecule has 2 aromatic rings. The fraction of sp³-hybridized carbons (Fsp3) is 0.471. The number of nitrogens with one attached hydrogen (secondary N) is 1. The number of hydrogen-bond donors (Lipinski definition) is 1. The summed E-state index contributed by atoms with van der Waals surface area (Å²) in [5, 5.41) is 4.27. The molecule has 0 unspecified atom stereocenters. The van der Waals surface area contributed by atoms with Crippen LogP contribution in [0.3, 0.4) is 0 Å². The highest BCUT2D eigenvalue weighted by atomic mass is 16.1. The number of nitrogens with zero attached hydrogens (tertiary/aromatic N) is 1. The van der Waals surface area contributed by atoms with Gasteiger partial charge in [0.2, 0.25) is 5.91 Å². The van der Waals surface area contributed by atoms with Crippen LogP contribution in [-0.4, -0.2) is 17.0 Å². The fourth-order valence-corrected chi connectivity index (χ4v) is 3.51. The average molecular weight is 270 g/mol. The number of fused-ring (bicyclic) bond motifs is 3. The van der Waals surface area contributed by atoms with Crippen LogP contribution < -0.4 is 5.32 Å². The van der Waals surface area contributed by atoms with Crippen LogP contribution in [0.2, 0.25) is 0 Å². The van der Waals surface area contributed by atoms with Crippen LogP contribution in [0.5, 0.6) is 0 Å². The Balaban J connectivity index is 2.07. The summed E-state index contributed by atoms with van der Waals surface area (Å²) in [6, 6.07) is 8.63. The van der Waals surface area contributed by atoms with Gasteiger partial charge in [-0.1, -0.05) is 32.0 Å². The molecule has 0 bridgehead atoms. The highest BCUT2D eigenvalue weighted by molar-refractivity contribution is 5.86. The van der Waals surface area contributed by atoms with Gasteiger partial charge in [-0.05, 0) is 24.5 Å². The summed E-state index contributed by atoms with van der Waals surface area (Å²) in [7, 11) is 0. The molecule has 0 fully saturated rings. The van der Waals surface area contributed by atoms with Crippen LogP contribution in [0.25, 0.3) is 10.9 Å². The van der Waals surface area contributed by atoms with Crippen molar-refractivity contribution in [2.45, 2.75) is 45.6 Å². The monoisotopic (exact) mass is 270 g/mol. The Morgan fingerprint density at radius 2 is 2.10 bits per heavy atom. The average Bonchev–Trinajstić information content (AvgIpc) is 2.87. The molecule has 20 heavy (non-hydrogen) atoms. The number of aryl methyl sites for hydroxylation is 1. The molecule has 1 aliphatic heterocycles. The zero-order valence-electron chi connectivity index (χ0n) is 12.5. The van der Waals surface area contributed by atoms with Gasteiger partial charge < -0.3 is 9.88 Å². The molecule has 0 saturated heterocycles. The Bertz CT molecular complexity index is 667. The van der Waals surface area contributed by atoms with E-state index in [0.717, 1.165) is 13.0 Å². The second kappa shape index (κ2) is 4.65. The normalized spacial score (nSPS) is 16.4. The van der Waals surface area contributed by atoms with E-state index in [-0.39, 0.29) is 11.3 Å². The topological polar surface area (TPSA) is 34.0 Å². The van der Waals surface area contributed by atoms with E-state index in [1.807, 2.05) is 0 Å². The molecule has 1 aliphatic rings. The van der Waals surface area contributed by atoms with Gasteiger partial charge in [0.15, 0.2) is 0 Å². The number of amides is 1. The summed E-state index contributed by atoms with van der Waals surface area (Å²) in [6.07, 6.45) is 2.10. The third kappa shape index (κ3) is 2.01. The first-order valence-corrected chi connectivity index (χ1v) is 7.36. The van der Waals surface area contributed by atoms with Crippen LogP contribution in [-0.2, 0) is 23.2 Å². The van der Waals surface area contributed by atoms with Crippen molar-refractivity contribution >= 4 is 16.8 Å². The Hall–Kier alpha value is -1.77. The highest BCUT2D eigenvalue weighted by Gasteiger charge is 2.34. The fourth-order valence-electron chi connectivity index (χ4n) is 3.51. The van der Waals surface area contributed by atoms with Gasteiger partial charge in [0.1, 0.15) is 0 Å². The molecule has 1 aromatic heterocycles. The van der Waals surface area contributed by atoms with E-state index in [2.05, 4.69) is 48.0 Å². The summed E-state index contributed by atoms with van der Waals surface area (Å²) in [4.78, 5) is 11.1. The van der Waals surface area contributed by atoms with Gasteiger partial charge in [0.25, 0.3) is 0 Å². The van der Waals surface area contributed by atoms with Crippen LogP contribution in [0, 0.1) is 0 Å². The summed E-state index contributed by atoms with van der Waals surface area (Å²) >= 11 is 0. The third-order valence-corrected chi connectivity index (χ3v) is 4.43. The molecule has 0 aliphatic carbocycles. The molecule has 106 valence electrons. The van der Waals surface area contributed by atoms with Gasteiger partial charge >= 0.3 is 0 Å². The number of para-hydroxylation sites is 1. The lowest BCUT2D eigenvalue weighted by Crippen LogP contribution is -2.23. The largest absolute Gasteiger partial charge is 0.356 e. The van der Waals surface area contributed by atoms with Gasteiger partial charge in [0.05, 0.1) is 0 Å². The minimum Gasteiger partial charge on any atom is -0.356 e. The second-order valence-electron chi connectivity index (χ2n) is 6.36. The Labute approximate surface area is 120 Å². The molecule has 3 heteroatoms. The van der Waals surface area contributed by atoms with Gasteiger partial charge in [-0.3, -0.25) is 4.79 Å². The molecule has 2 heterocycles. The Morgan fingerprint density at radius 1 is 1.35 bits per heavy atom. The third-order valence-electron chi connectivity index (χ3n) is 4.43. The lowest BCUT2D eigenvalue weighted by atomic mass is 9.85. The minimum atomic E-state index is 0.0458. The predicted octanol–water partition coefficient (Wildman–Crippen LogP) is 3.00. The maximum atomic E-state index is 11.1. The van der Waals surface area contributed by atoms with Crippen molar-refractivity contribution in [2.75, 3.05) is 6.54 Å². The maximum absolute atomic E-state index is 11.1. The number of carbonyl (C=O) groups excluding carboxylic acids is 1. The van der Waals surface area contributed by atoms with Crippen LogP contribution >= 0.6 is 0 Å².